The average molecular weight is 615 g/mol. The summed E-state index contributed by atoms with van der Waals surface area (Å²) in [4.78, 5) is 9.43. The van der Waals surface area contributed by atoms with Gasteiger partial charge in [0.05, 0.1) is 40.2 Å². The summed E-state index contributed by atoms with van der Waals surface area (Å²) in [6, 6.07) is 40.1. The first-order chi connectivity index (χ1) is 22.8. The molecule has 5 aromatic carbocycles. The molecule has 0 amide bonds. The number of benzene rings is 5. The summed E-state index contributed by atoms with van der Waals surface area (Å²) >= 11 is 0. The molecule has 0 fully saturated rings. The molecule has 0 N–H and O–H groups in total. The average Bonchev–Trinajstić information content (AvgIpc) is 3.73. The van der Waals surface area contributed by atoms with E-state index >= 15 is 0 Å². The Hall–Kier alpha value is -5.75. The lowest BCUT2D eigenvalue weighted by Crippen LogP contribution is -2.23. The van der Waals surface area contributed by atoms with Gasteiger partial charge in [0.2, 0.25) is 0 Å². The van der Waals surface area contributed by atoms with E-state index in [0.29, 0.717) is 0 Å². The maximum atomic E-state index is 6.91. The Bertz CT molecular complexity index is 2500. The number of para-hydroxylation sites is 4. The molecule has 0 unspecified atom stereocenters. The topological polar surface area (TPSA) is 46.7 Å². The van der Waals surface area contributed by atoms with Gasteiger partial charge in [-0.05, 0) is 59.5 Å². The molecule has 4 heterocycles. The van der Waals surface area contributed by atoms with Crippen molar-refractivity contribution in [2.24, 2.45) is 0 Å². The van der Waals surface area contributed by atoms with Crippen LogP contribution in [-0.4, -0.2) is 23.3 Å². The van der Waals surface area contributed by atoms with Gasteiger partial charge >= 0.3 is 0 Å². The minimum Gasteiger partial charge on any atom is -0.456 e. The highest BCUT2D eigenvalue weighted by Crippen LogP contribution is 2.46. The maximum absolute atomic E-state index is 6.91. The van der Waals surface area contributed by atoms with E-state index in [-0.39, 0.29) is 5.41 Å². The number of hydrogen-bond acceptors (Lipinski definition) is 5. The molecule has 0 spiro atoms. The van der Waals surface area contributed by atoms with Gasteiger partial charge in [-0.3, -0.25) is 4.57 Å². The minimum atomic E-state index is -0.000852. The van der Waals surface area contributed by atoms with Crippen LogP contribution in [0.15, 0.2) is 126 Å². The van der Waals surface area contributed by atoms with Crippen LogP contribution < -0.4 is 14.5 Å². The van der Waals surface area contributed by atoms with Crippen molar-refractivity contribution in [3.05, 3.63) is 127 Å². The predicted molar refractivity (Wildman–Crippen MR) is 193 cm³/mol. The summed E-state index contributed by atoms with van der Waals surface area (Å²) in [5.74, 6) is 2.39. The van der Waals surface area contributed by atoms with Crippen molar-refractivity contribution in [3.8, 4) is 17.3 Å². The second kappa shape index (κ2) is 10.1. The number of nitrogens with zero attached hydrogens (tertiary/aromatic N) is 4. The van der Waals surface area contributed by atoms with Crippen LogP contribution in [0.2, 0.25) is 0 Å². The SMILES string of the molecule is CN1CN(c2cc(Oc3ccc4c5ccccc5n(-c5cc(C(C)(C)C)ccn5)c4c3)c3c(c2)oc2ccccc23)c2ccccc21. The number of hydrogen-bond donors (Lipinski definition) is 0. The predicted octanol–water partition coefficient (Wildman–Crippen LogP) is 10.7. The van der Waals surface area contributed by atoms with E-state index in [1.807, 2.05) is 24.4 Å². The van der Waals surface area contributed by atoms with Gasteiger partial charge in [-0.1, -0.05) is 69.3 Å². The molecule has 8 aromatic rings. The number of aromatic nitrogens is 2. The number of anilines is 3. The molecule has 0 saturated heterocycles. The van der Waals surface area contributed by atoms with Crippen molar-refractivity contribution in [1.29, 1.82) is 0 Å². The number of fused-ring (bicyclic) bond motifs is 7. The van der Waals surface area contributed by atoms with Gasteiger partial charge in [0, 0.05) is 47.6 Å². The van der Waals surface area contributed by atoms with E-state index in [2.05, 4.69) is 139 Å². The minimum absolute atomic E-state index is 0.000852. The highest BCUT2D eigenvalue weighted by atomic mass is 16.5. The van der Waals surface area contributed by atoms with Gasteiger partial charge in [0.1, 0.15) is 28.5 Å². The van der Waals surface area contributed by atoms with Crippen LogP contribution in [0.1, 0.15) is 26.3 Å². The molecule has 1 aliphatic rings. The van der Waals surface area contributed by atoms with Crippen LogP contribution in [0.5, 0.6) is 11.5 Å². The first-order valence-corrected chi connectivity index (χ1v) is 16.0. The summed E-state index contributed by atoms with van der Waals surface area (Å²) in [5, 5.41) is 4.33. The normalized spacial score (nSPS) is 13.4. The molecule has 6 heteroatoms. The van der Waals surface area contributed by atoms with Gasteiger partial charge in [0.15, 0.2) is 0 Å². The zero-order valence-electron chi connectivity index (χ0n) is 26.9. The Labute approximate surface area is 273 Å². The van der Waals surface area contributed by atoms with Gasteiger partial charge < -0.3 is 19.0 Å². The number of pyridine rings is 1. The van der Waals surface area contributed by atoms with Crippen molar-refractivity contribution in [3.63, 3.8) is 0 Å². The van der Waals surface area contributed by atoms with Gasteiger partial charge in [0.25, 0.3) is 0 Å². The van der Waals surface area contributed by atoms with E-state index in [1.54, 1.807) is 0 Å². The van der Waals surface area contributed by atoms with Crippen LogP contribution in [0.3, 0.4) is 0 Å². The molecule has 0 saturated carbocycles. The summed E-state index contributed by atoms with van der Waals surface area (Å²) in [6.45, 7) is 7.43. The fourth-order valence-electron chi connectivity index (χ4n) is 7.03. The Morgan fingerprint density at radius 1 is 0.702 bits per heavy atom. The third kappa shape index (κ3) is 4.36. The lowest BCUT2D eigenvalue weighted by atomic mass is 9.88. The molecule has 230 valence electrons. The molecule has 9 rings (SSSR count). The van der Waals surface area contributed by atoms with E-state index < -0.39 is 0 Å². The summed E-state index contributed by atoms with van der Waals surface area (Å²) in [5.41, 5.74) is 8.39. The molecular formula is C41H34N4O2. The Morgan fingerprint density at radius 2 is 1.45 bits per heavy atom. The Balaban J connectivity index is 1.23. The molecule has 0 bridgehead atoms. The quantitative estimate of drug-likeness (QED) is 0.197. The third-order valence-corrected chi connectivity index (χ3v) is 9.39. The van der Waals surface area contributed by atoms with E-state index in [4.69, 9.17) is 14.1 Å². The zero-order chi connectivity index (χ0) is 31.9. The summed E-state index contributed by atoms with van der Waals surface area (Å²) < 4.78 is 15.6. The van der Waals surface area contributed by atoms with Crippen LogP contribution in [0, 0.1) is 0 Å². The van der Waals surface area contributed by atoms with Gasteiger partial charge in [-0.15, -0.1) is 0 Å². The summed E-state index contributed by atoms with van der Waals surface area (Å²) in [6.07, 6.45) is 1.91. The van der Waals surface area contributed by atoms with Crippen molar-refractivity contribution >= 4 is 60.8 Å². The van der Waals surface area contributed by atoms with Crippen molar-refractivity contribution < 1.29 is 9.15 Å². The van der Waals surface area contributed by atoms with E-state index in [9.17, 15) is 0 Å². The number of rotatable bonds is 4. The van der Waals surface area contributed by atoms with Crippen LogP contribution in [0.4, 0.5) is 17.1 Å². The van der Waals surface area contributed by atoms with E-state index in [0.717, 1.165) is 73.7 Å². The zero-order valence-corrected chi connectivity index (χ0v) is 26.9. The summed E-state index contributed by atoms with van der Waals surface area (Å²) in [7, 11) is 2.12. The molecule has 47 heavy (non-hydrogen) atoms. The number of ether oxygens (including phenoxy) is 1. The third-order valence-electron chi connectivity index (χ3n) is 9.39. The monoisotopic (exact) mass is 614 g/mol. The lowest BCUT2D eigenvalue weighted by Gasteiger charge is -2.21. The molecule has 0 aliphatic carbocycles. The molecule has 0 atom stereocenters. The highest BCUT2D eigenvalue weighted by molar-refractivity contribution is 6.11. The molecule has 6 nitrogen and oxygen atoms in total. The fourth-order valence-corrected chi connectivity index (χ4v) is 7.03. The standard InChI is InChI=1S/C41H34N4O2/c1-41(2,3)26-19-20-42-39(21-26)45-32-13-7-5-11-29(32)30-18-17-28(24-35(30)45)46-37-22-27(44-25-43(4)33-14-8-9-15-34(33)44)23-38-40(37)31-12-6-10-16-36(31)47-38/h5-24H,25H2,1-4H3. The number of furan rings is 1. The maximum Gasteiger partial charge on any atom is 0.141 e. The van der Waals surface area contributed by atoms with Gasteiger partial charge in [-0.25, -0.2) is 4.98 Å². The first-order valence-electron chi connectivity index (χ1n) is 16.0. The molecule has 1 aliphatic heterocycles. The lowest BCUT2D eigenvalue weighted by molar-refractivity contribution is 0.489. The van der Waals surface area contributed by atoms with Crippen molar-refractivity contribution in [1.82, 2.24) is 9.55 Å². The second-order valence-electron chi connectivity index (χ2n) is 13.5. The Kier molecular flexibility index (Phi) is 5.94. The fraction of sp³-hybridized carbons (Fsp3) is 0.146. The first kappa shape index (κ1) is 27.6. The van der Waals surface area contributed by atoms with Crippen LogP contribution in [-0.2, 0) is 5.41 Å². The van der Waals surface area contributed by atoms with Crippen LogP contribution in [0.25, 0.3) is 49.6 Å². The van der Waals surface area contributed by atoms with Gasteiger partial charge in [-0.2, -0.15) is 0 Å². The van der Waals surface area contributed by atoms with Crippen molar-refractivity contribution in [2.45, 2.75) is 26.2 Å². The molecule has 0 radical (unpaired) electrons. The molecule has 3 aromatic heterocycles. The van der Waals surface area contributed by atoms with E-state index in [1.165, 1.54) is 16.6 Å². The Morgan fingerprint density at radius 3 is 2.30 bits per heavy atom. The highest BCUT2D eigenvalue weighted by Gasteiger charge is 2.26. The smallest absolute Gasteiger partial charge is 0.141 e. The molecular weight excluding hydrogens is 580 g/mol. The van der Waals surface area contributed by atoms with Crippen molar-refractivity contribution in [2.75, 3.05) is 23.5 Å². The second-order valence-corrected chi connectivity index (χ2v) is 13.5. The largest absolute Gasteiger partial charge is 0.456 e. The van der Waals surface area contributed by atoms with Crippen LogP contribution >= 0.6 is 0 Å².